The van der Waals surface area contributed by atoms with Crippen molar-refractivity contribution in [2.75, 3.05) is 7.11 Å². The van der Waals surface area contributed by atoms with Crippen molar-refractivity contribution in [3.05, 3.63) is 52.2 Å². The van der Waals surface area contributed by atoms with Crippen molar-refractivity contribution in [1.82, 2.24) is 4.98 Å². The Hall–Kier alpha value is -2.67. The van der Waals surface area contributed by atoms with E-state index in [1.807, 2.05) is 0 Å². The van der Waals surface area contributed by atoms with Gasteiger partial charge in [-0.05, 0) is 24.6 Å². The average Bonchev–Trinajstić information content (AvgIpc) is 2.47. The molecule has 1 N–H and O–H groups in total. The predicted octanol–water partition coefficient (Wildman–Crippen LogP) is 2.84. The van der Waals surface area contributed by atoms with Crippen LogP contribution in [0.5, 0.6) is 17.4 Å². The molecular weight excluding hydrogens is 276 g/mol. The molecule has 0 aliphatic carbocycles. The summed E-state index contributed by atoms with van der Waals surface area (Å²) < 4.78 is 10.6. The first kappa shape index (κ1) is 14.7. The molecule has 7 heteroatoms. The van der Waals surface area contributed by atoms with Crippen LogP contribution >= 0.6 is 0 Å². The number of methoxy groups -OCH3 is 1. The summed E-state index contributed by atoms with van der Waals surface area (Å²) in [6, 6.07) is 7.29. The second-order valence-electron chi connectivity index (χ2n) is 4.30. The highest BCUT2D eigenvalue weighted by Gasteiger charge is 2.14. The lowest BCUT2D eigenvalue weighted by atomic mass is 10.2. The number of hydrogen-bond acceptors (Lipinski definition) is 6. The minimum Gasteiger partial charge on any atom is -0.493 e. The monoisotopic (exact) mass is 290 g/mol. The molecule has 2 aromatic rings. The zero-order valence-electron chi connectivity index (χ0n) is 11.5. The molecule has 0 spiro atoms. The Morgan fingerprint density at radius 3 is 2.57 bits per heavy atom. The van der Waals surface area contributed by atoms with Crippen molar-refractivity contribution >= 4 is 5.69 Å². The van der Waals surface area contributed by atoms with Crippen LogP contribution in [0.4, 0.5) is 5.69 Å². The molecule has 21 heavy (non-hydrogen) atoms. The summed E-state index contributed by atoms with van der Waals surface area (Å²) in [5.41, 5.74) is 0.541. The van der Waals surface area contributed by atoms with Crippen molar-refractivity contribution in [2.45, 2.75) is 13.0 Å². The molecule has 0 unspecified atom stereocenters. The normalized spacial score (nSPS) is 11.8. The Morgan fingerprint density at radius 2 is 2.05 bits per heavy atom. The molecule has 0 radical (unpaired) electrons. The molecule has 1 heterocycles. The van der Waals surface area contributed by atoms with E-state index in [9.17, 15) is 15.2 Å². The second kappa shape index (κ2) is 6.19. The fraction of sp³-hybridized carbons (Fsp3) is 0.214. The van der Waals surface area contributed by atoms with Crippen LogP contribution in [0.3, 0.4) is 0 Å². The van der Waals surface area contributed by atoms with E-state index in [0.29, 0.717) is 11.3 Å². The van der Waals surface area contributed by atoms with E-state index in [-0.39, 0.29) is 17.3 Å². The summed E-state index contributed by atoms with van der Waals surface area (Å²) in [7, 11) is 1.44. The standard InChI is InChI=1S/C14H14N2O5/c1-9(17)10-3-6-14(15-8-10)21-13-7-11(16(18)19)4-5-12(13)20-2/h3-9,17H,1-2H3/t9-/m0/s1. The number of benzene rings is 1. The highest BCUT2D eigenvalue weighted by Crippen LogP contribution is 2.34. The molecule has 0 fully saturated rings. The molecule has 7 nitrogen and oxygen atoms in total. The number of aromatic nitrogens is 1. The van der Waals surface area contributed by atoms with Gasteiger partial charge in [0.15, 0.2) is 11.5 Å². The summed E-state index contributed by atoms with van der Waals surface area (Å²) >= 11 is 0. The smallest absolute Gasteiger partial charge is 0.273 e. The molecule has 1 atom stereocenters. The van der Waals surface area contributed by atoms with Gasteiger partial charge in [-0.2, -0.15) is 0 Å². The van der Waals surface area contributed by atoms with Crippen molar-refractivity contribution in [3.8, 4) is 17.4 Å². The Morgan fingerprint density at radius 1 is 1.29 bits per heavy atom. The molecule has 0 aliphatic heterocycles. The Kier molecular flexibility index (Phi) is 4.34. The molecule has 1 aromatic carbocycles. The number of nitrogens with zero attached hydrogens (tertiary/aromatic N) is 2. The summed E-state index contributed by atoms with van der Waals surface area (Å²) in [5.74, 6) is 0.809. The maximum atomic E-state index is 10.8. The van der Waals surface area contributed by atoms with Crippen molar-refractivity contribution in [3.63, 3.8) is 0 Å². The second-order valence-corrected chi connectivity index (χ2v) is 4.30. The average molecular weight is 290 g/mol. The lowest BCUT2D eigenvalue weighted by Gasteiger charge is -2.10. The van der Waals surface area contributed by atoms with Gasteiger partial charge in [0.1, 0.15) is 0 Å². The number of nitro benzene ring substituents is 1. The van der Waals surface area contributed by atoms with Gasteiger partial charge in [0.25, 0.3) is 5.69 Å². The highest BCUT2D eigenvalue weighted by atomic mass is 16.6. The Balaban J connectivity index is 2.29. The number of rotatable bonds is 5. The quantitative estimate of drug-likeness (QED) is 0.672. The van der Waals surface area contributed by atoms with E-state index in [2.05, 4.69) is 4.98 Å². The van der Waals surface area contributed by atoms with Gasteiger partial charge in [-0.3, -0.25) is 10.1 Å². The van der Waals surface area contributed by atoms with Crippen LogP contribution in [-0.4, -0.2) is 22.1 Å². The van der Waals surface area contributed by atoms with Crippen LogP contribution < -0.4 is 9.47 Å². The summed E-state index contributed by atoms with van der Waals surface area (Å²) in [4.78, 5) is 14.3. The number of hydrogen-bond donors (Lipinski definition) is 1. The van der Waals surface area contributed by atoms with Crippen LogP contribution in [0, 0.1) is 10.1 Å². The lowest BCUT2D eigenvalue weighted by Crippen LogP contribution is -1.96. The Bertz CT molecular complexity index is 640. The maximum absolute atomic E-state index is 10.8. The first-order valence-corrected chi connectivity index (χ1v) is 6.15. The molecule has 1 aromatic heterocycles. The predicted molar refractivity (Wildman–Crippen MR) is 74.6 cm³/mol. The van der Waals surface area contributed by atoms with Gasteiger partial charge in [0.05, 0.1) is 24.2 Å². The SMILES string of the molecule is COc1ccc([N+](=O)[O-])cc1Oc1ccc([C@H](C)O)cn1. The van der Waals surface area contributed by atoms with Crippen LogP contribution in [0.25, 0.3) is 0 Å². The van der Waals surface area contributed by atoms with Gasteiger partial charge < -0.3 is 14.6 Å². The molecule has 0 bridgehead atoms. The zero-order chi connectivity index (χ0) is 15.4. The van der Waals surface area contributed by atoms with E-state index < -0.39 is 11.0 Å². The third kappa shape index (κ3) is 3.46. The molecule has 2 rings (SSSR count). The molecule has 0 saturated carbocycles. The van der Waals surface area contributed by atoms with Crippen LogP contribution in [0.1, 0.15) is 18.6 Å². The molecule has 0 amide bonds. The molecule has 0 saturated heterocycles. The van der Waals surface area contributed by atoms with E-state index in [4.69, 9.17) is 9.47 Å². The Labute approximate surface area is 120 Å². The van der Waals surface area contributed by atoms with Crippen LogP contribution in [0.15, 0.2) is 36.5 Å². The number of pyridine rings is 1. The van der Waals surface area contributed by atoms with Gasteiger partial charge in [0, 0.05) is 18.3 Å². The number of ether oxygens (including phenoxy) is 2. The van der Waals surface area contributed by atoms with E-state index in [1.54, 1.807) is 19.1 Å². The van der Waals surface area contributed by atoms with Gasteiger partial charge >= 0.3 is 0 Å². The zero-order valence-corrected chi connectivity index (χ0v) is 11.5. The van der Waals surface area contributed by atoms with Crippen LogP contribution in [0.2, 0.25) is 0 Å². The number of nitro groups is 1. The number of non-ortho nitro benzene ring substituents is 1. The third-order valence-electron chi connectivity index (χ3n) is 2.81. The minimum absolute atomic E-state index is 0.105. The topological polar surface area (TPSA) is 94.7 Å². The van der Waals surface area contributed by atoms with Crippen LogP contribution in [-0.2, 0) is 0 Å². The first-order valence-electron chi connectivity index (χ1n) is 6.15. The molecule has 0 aliphatic rings. The van der Waals surface area contributed by atoms with Crippen molar-refractivity contribution in [2.24, 2.45) is 0 Å². The molecule has 110 valence electrons. The van der Waals surface area contributed by atoms with Crippen molar-refractivity contribution in [1.29, 1.82) is 0 Å². The van der Waals surface area contributed by atoms with E-state index in [1.165, 1.54) is 31.5 Å². The number of aliphatic hydroxyl groups excluding tert-OH is 1. The lowest BCUT2D eigenvalue weighted by molar-refractivity contribution is -0.384. The summed E-state index contributed by atoms with van der Waals surface area (Å²) in [6.07, 6.45) is 0.850. The van der Waals surface area contributed by atoms with E-state index in [0.717, 1.165) is 0 Å². The fourth-order valence-corrected chi connectivity index (χ4v) is 1.67. The van der Waals surface area contributed by atoms with Gasteiger partial charge in [-0.1, -0.05) is 0 Å². The first-order chi connectivity index (χ1) is 10.0. The maximum Gasteiger partial charge on any atom is 0.273 e. The van der Waals surface area contributed by atoms with Gasteiger partial charge in [-0.15, -0.1) is 0 Å². The number of aliphatic hydroxyl groups is 1. The summed E-state index contributed by atoms with van der Waals surface area (Å²) in [6.45, 7) is 1.63. The summed E-state index contributed by atoms with van der Waals surface area (Å²) in [5, 5.41) is 20.2. The van der Waals surface area contributed by atoms with Gasteiger partial charge in [0.2, 0.25) is 5.88 Å². The molecular formula is C14H14N2O5. The fourth-order valence-electron chi connectivity index (χ4n) is 1.67. The third-order valence-corrected chi connectivity index (χ3v) is 2.81. The highest BCUT2D eigenvalue weighted by molar-refractivity contribution is 5.49. The van der Waals surface area contributed by atoms with Gasteiger partial charge in [-0.25, -0.2) is 4.98 Å². The van der Waals surface area contributed by atoms with E-state index >= 15 is 0 Å². The minimum atomic E-state index is -0.626. The largest absolute Gasteiger partial charge is 0.493 e. The van der Waals surface area contributed by atoms with Crippen molar-refractivity contribution < 1.29 is 19.5 Å².